The van der Waals surface area contributed by atoms with E-state index >= 15 is 0 Å². The Kier molecular flexibility index (Phi) is 6.76. The number of aromatic amines is 1. The summed E-state index contributed by atoms with van der Waals surface area (Å²) in [5, 5.41) is 0. The van der Waals surface area contributed by atoms with E-state index in [-0.39, 0.29) is 30.3 Å². The number of nitrogens with two attached hydrogens (primary N) is 1. The van der Waals surface area contributed by atoms with Crippen LogP contribution in [0.2, 0.25) is 0 Å². The topological polar surface area (TPSA) is 118 Å². The summed E-state index contributed by atoms with van der Waals surface area (Å²) in [5.74, 6) is -0.495. The number of nitrogens with one attached hydrogen (secondary N) is 1. The fraction of sp³-hybridized carbons (Fsp3) is 0.286. The molecule has 5 rings (SSSR count). The minimum atomic E-state index is -0.697. The second-order valence-corrected chi connectivity index (χ2v) is 9.40. The van der Waals surface area contributed by atoms with Crippen LogP contribution in [0.3, 0.4) is 0 Å². The van der Waals surface area contributed by atoms with Crippen molar-refractivity contribution >= 4 is 23.1 Å². The molecule has 1 amide bonds. The highest BCUT2D eigenvalue weighted by molar-refractivity contribution is 6.06. The maximum Gasteiger partial charge on any atom is 0.330 e. The number of hydrogen-bond donors (Lipinski definition) is 2. The van der Waals surface area contributed by atoms with Gasteiger partial charge in [0.1, 0.15) is 17.2 Å². The Balaban J connectivity index is 1.58. The van der Waals surface area contributed by atoms with Crippen LogP contribution in [0.25, 0.3) is 5.65 Å². The van der Waals surface area contributed by atoms with Gasteiger partial charge in [-0.1, -0.05) is 48.0 Å². The third kappa shape index (κ3) is 4.97. The average Bonchev–Trinajstić information content (AvgIpc) is 3.35. The Morgan fingerprint density at radius 1 is 1.11 bits per heavy atom. The van der Waals surface area contributed by atoms with Gasteiger partial charge in [0.25, 0.3) is 11.5 Å². The van der Waals surface area contributed by atoms with E-state index in [2.05, 4.69) is 16.0 Å². The van der Waals surface area contributed by atoms with E-state index in [4.69, 9.17) is 5.73 Å². The lowest BCUT2D eigenvalue weighted by Gasteiger charge is -2.25. The van der Waals surface area contributed by atoms with Crippen molar-refractivity contribution in [2.45, 2.75) is 45.6 Å². The van der Waals surface area contributed by atoms with Gasteiger partial charge < -0.3 is 10.1 Å². The van der Waals surface area contributed by atoms with Crippen LogP contribution in [0, 0.1) is 6.92 Å². The van der Waals surface area contributed by atoms with Crippen molar-refractivity contribution < 1.29 is 4.79 Å². The molecule has 0 spiro atoms. The van der Waals surface area contributed by atoms with Gasteiger partial charge in [-0.3, -0.25) is 24.0 Å². The van der Waals surface area contributed by atoms with Crippen molar-refractivity contribution in [1.29, 1.82) is 0 Å². The molecule has 0 aliphatic heterocycles. The van der Waals surface area contributed by atoms with E-state index in [9.17, 15) is 14.4 Å². The number of nitrogens with zero attached hydrogens (tertiary/aromatic N) is 4. The van der Waals surface area contributed by atoms with Crippen LogP contribution < -0.4 is 21.9 Å². The molecule has 0 saturated heterocycles. The number of pyridine rings is 1. The highest BCUT2D eigenvalue weighted by atomic mass is 16.2. The number of anilines is 2. The van der Waals surface area contributed by atoms with Crippen molar-refractivity contribution in [2.75, 3.05) is 17.2 Å². The predicted molar refractivity (Wildman–Crippen MR) is 144 cm³/mol. The number of amides is 1. The van der Waals surface area contributed by atoms with E-state index in [1.165, 1.54) is 15.0 Å². The van der Waals surface area contributed by atoms with Gasteiger partial charge in [-0.2, -0.15) is 0 Å². The van der Waals surface area contributed by atoms with Gasteiger partial charge >= 0.3 is 5.69 Å². The first-order valence-electron chi connectivity index (χ1n) is 12.5. The molecule has 0 unspecified atom stereocenters. The normalized spacial score (nSPS) is 13.5. The Hall–Kier alpha value is -4.40. The van der Waals surface area contributed by atoms with Gasteiger partial charge in [0.05, 0.1) is 6.54 Å². The lowest BCUT2D eigenvalue weighted by molar-refractivity contribution is 0.0982. The first-order chi connectivity index (χ1) is 17.9. The number of benzene rings is 1. The first kappa shape index (κ1) is 24.3. The number of aromatic nitrogens is 4. The van der Waals surface area contributed by atoms with Gasteiger partial charge in [-0.15, -0.1) is 0 Å². The molecule has 0 atom stereocenters. The van der Waals surface area contributed by atoms with E-state index in [1.807, 2.05) is 59.9 Å². The Morgan fingerprint density at radius 2 is 1.92 bits per heavy atom. The molecule has 190 valence electrons. The van der Waals surface area contributed by atoms with Crippen LogP contribution in [-0.2, 0) is 6.54 Å². The van der Waals surface area contributed by atoms with E-state index in [0.29, 0.717) is 12.1 Å². The molecule has 37 heavy (non-hydrogen) atoms. The zero-order valence-electron chi connectivity index (χ0n) is 20.8. The number of allylic oxidation sites excluding steroid dienone is 1. The molecule has 0 saturated carbocycles. The van der Waals surface area contributed by atoms with Crippen molar-refractivity contribution in [3.63, 3.8) is 0 Å². The molecule has 9 nitrogen and oxygen atoms in total. The summed E-state index contributed by atoms with van der Waals surface area (Å²) in [6.07, 6.45) is 8.73. The summed E-state index contributed by atoms with van der Waals surface area (Å²) < 4.78 is 3.12. The van der Waals surface area contributed by atoms with Gasteiger partial charge in [-0.05, 0) is 56.7 Å². The number of aryl methyl sites for hydroxylation is 1. The van der Waals surface area contributed by atoms with Crippen LogP contribution in [0.5, 0.6) is 0 Å². The number of carbonyl (C=O) groups is 1. The average molecular weight is 499 g/mol. The van der Waals surface area contributed by atoms with Gasteiger partial charge in [-0.25, -0.2) is 9.78 Å². The molecule has 1 aromatic carbocycles. The molecule has 4 aromatic rings. The third-order valence-corrected chi connectivity index (χ3v) is 6.87. The lowest BCUT2D eigenvalue weighted by atomic mass is 9.97. The summed E-state index contributed by atoms with van der Waals surface area (Å²) in [6, 6.07) is 15.0. The molecule has 1 aliphatic carbocycles. The molecule has 3 N–H and O–H groups in total. The summed E-state index contributed by atoms with van der Waals surface area (Å²) in [7, 11) is 0. The fourth-order valence-electron chi connectivity index (χ4n) is 4.85. The van der Waals surface area contributed by atoms with Crippen LogP contribution >= 0.6 is 0 Å². The molecular weight excluding hydrogens is 468 g/mol. The number of fused-ring (bicyclic) bond motifs is 1. The van der Waals surface area contributed by atoms with Gasteiger partial charge in [0.15, 0.2) is 5.69 Å². The maximum absolute atomic E-state index is 13.9. The van der Waals surface area contributed by atoms with Crippen molar-refractivity contribution in [2.24, 2.45) is 0 Å². The predicted octanol–water partition coefficient (Wildman–Crippen LogP) is 3.66. The van der Waals surface area contributed by atoms with Crippen LogP contribution in [0.1, 0.15) is 53.8 Å². The molecule has 3 aromatic heterocycles. The number of imidazole rings is 1. The molecule has 0 bridgehead atoms. The Morgan fingerprint density at radius 3 is 2.65 bits per heavy atom. The quantitative estimate of drug-likeness (QED) is 0.377. The number of H-pyrrole nitrogens is 1. The van der Waals surface area contributed by atoms with E-state index in [1.54, 1.807) is 6.20 Å². The number of nitrogen functional groups attached to an aromatic ring is 1. The summed E-state index contributed by atoms with van der Waals surface area (Å²) in [4.78, 5) is 48.0. The first-order valence-corrected chi connectivity index (χ1v) is 12.5. The molecule has 9 heteroatoms. The standard InChI is InChI=1S/C28H30N6O3/c1-19-9-8-14-23-30-22(18-33(19)23)27(36)32(16-15-20-10-4-2-5-11-20)24-25(29)34(28(37)31-26(24)35)17-21-12-6-3-7-13-21/h3,6-10,12-14,18H,2,4-5,11,15-17,29H2,1H3,(H,31,35,37). The highest BCUT2D eigenvalue weighted by Gasteiger charge is 2.27. The summed E-state index contributed by atoms with van der Waals surface area (Å²) in [5.41, 5.74) is 8.97. The van der Waals surface area contributed by atoms with Crippen molar-refractivity contribution in [3.8, 4) is 0 Å². The largest absolute Gasteiger partial charge is 0.383 e. The smallest absolute Gasteiger partial charge is 0.330 e. The molecule has 0 fully saturated rings. The van der Waals surface area contributed by atoms with Gasteiger partial charge in [0.2, 0.25) is 0 Å². The zero-order valence-corrected chi connectivity index (χ0v) is 20.8. The Labute approximate surface area is 213 Å². The number of carbonyl (C=O) groups excluding carboxylic acids is 1. The van der Waals surface area contributed by atoms with Crippen molar-refractivity contribution in [1.82, 2.24) is 18.9 Å². The summed E-state index contributed by atoms with van der Waals surface area (Å²) in [6.45, 7) is 2.34. The zero-order chi connectivity index (χ0) is 25.9. The number of hydrogen-bond acceptors (Lipinski definition) is 5. The second kappa shape index (κ2) is 10.3. The van der Waals surface area contributed by atoms with Crippen LogP contribution in [0.15, 0.2) is 76.0 Å². The van der Waals surface area contributed by atoms with E-state index in [0.717, 1.165) is 36.9 Å². The Bertz CT molecular complexity index is 1600. The van der Waals surface area contributed by atoms with Crippen LogP contribution in [-0.4, -0.2) is 31.4 Å². The van der Waals surface area contributed by atoms with Crippen molar-refractivity contribution in [3.05, 3.63) is 104 Å². The third-order valence-electron chi connectivity index (χ3n) is 6.87. The monoisotopic (exact) mass is 498 g/mol. The molecular formula is C28H30N6O3. The fourth-order valence-corrected chi connectivity index (χ4v) is 4.85. The highest BCUT2D eigenvalue weighted by Crippen LogP contribution is 2.25. The summed E-state index contributed by atoms with van der Waals surface area (Å²) >= 11 is 0. The lowest BCUT2D eigenvalue weighted by Crippen LogP contribution is -2.42. The minimum Gasteiger partial charge on any atom is -0.383 e. The molecule has 1 aliphatic rings. The van der Waals surface area contributed by atoms with Crippen LogP contribution in [0.4, 0.5) is 11.5 Å². The minimum absolute atomic E-state index is 0.0364. The molecule has 3 heterocycles. The maximum atomic E-state index is 13.9. The van der Waals surface area contributed by atoms with Gasteiger partial charge in [0, 0.05) is 18.4 Å². The SMILES string of the molecule is Cc1cccc2nc(C(=O)N(CCC3=CCCCC3)c3c(N)n(Cc4ccccc4)c(=O)[nH]c3=O)cn12. The number of rotatable bonds is 7. The second-order valence-electron chi connectivity index (χ2n) is 9.40. The van der Waals surface area contributed by atoms with E-state index < -0.39 is 17.2 Å². The molecule has 0 radical (unpaired) electrons.